The van der Waals surface area contributed by atoms with Crippen molar-refractivity contribution in [3.05, 3.63) is 58.6 Å². The predicted octanol–water partition coefficient (Wildman–Crippen LogP) is 3.38. The molecule has 2 N–H and O–H groups in total. The molecule has 0 heterocycles. The second-order valence-electron chi connectivity index (χ2n) is 7.22. The fourth-order valence-electron chi connectivity index (χ4n) is 3.08. The van der Waals surface area contributed by atoms with Crippen molar-refractivity contribution >= 4 is 29.1 Å². The van der Waals surface area contributed by atoms with Crippen molar-refractivity contribution in [3.8, 4) is 5.75 Å². The molecular formula is C22H26ClN3O3. The molecule has 29 heavy (non-hydrogen) atoms. The lowest BCUT2D eigenvalue weighted by molar-refractivity contribution is -0.125. The summed E-state index contributed by atoms with van der Waals surface area (Å²) in [7, 11) is 1.64. The number of nitrogens with one attached hydrogen (secondary N) is 2. The predicted molar refractivity (Wildman–Crippen MR) is 114 cm³/mol. The minimum absolute atomic E-state index is 0.0776. The van der Waals surface area contributed by atoms with Crippen LogP contribution in [-0.2, 0) is 16.1 Å². The van der Waals surface area contributed by atoms with Gasteiger partial charge >= 0.3 is 0 Å². The highest BCUT2D eigenvalue weighted by atomic mass is 35.5. The van der Waals surface area contributed by atoms with Crippen LogP contribution >= 0.6 is 11.6 Å². The molecule has 0 saturated heterocycles. The maximum atomic E-state index is 12.4. The summed E-state index contributed by atoms with van der Waals surface area (Å²) in [4.78, 5) is 26.7. The van der Waals surface area contributed by atoms with E-state index < -0.39 is 0 Å². The Hall–Kier alpha value is -2.57. The lowest BCUT2D eigenvalue weighted by Crippen LogP contribution is -2.41. The summed E-state index contributed by atoms with van der Waals surface area (Å²) < 4.78 is 5.19. The smallest absolute Gasteiger partial charge is 0.243 e. The van der Waals surface area contributed by atoms with Gasteiger partial charge in [-0.3, -0.25) is 14.5 Å². The zero-order chi connectivity index (χ0) is 20.8. The summed E-state index contributed by atoms with van der Waals surface area (Å²) in [6.45, 7) is 2.71. The number of nitrogens with zero attached hydrogens (tertiary/aromatic N) is 1. The molecule has 6 nitrogen and oxygen atoms in total. The van der Waals surface area contributed by atoms with E-state index in [1.54, 1.807) is 25.3 Å². The number of benzene rings is 2. The van der Waals surface area contributed by atoms with Crippen LogP contribution in [0, 0.1) is 6.92 Å². The lowest BCUT2D eigenvalue weighted by atomic mass is 10.2. The number of rotatable bonds is 9. The van der Waals surface area contributed by atoms with Crippen LogP contribution < -0.4 is 15.4 Å². The molecule has 7 heteroatoms. The number of hydrogen-bond donors (Lipinski definition) is 2. The molecule has 1 aliphatic carbocycles. The first-order chi connectivity index (χ1) is 14.0. The van der Waals surface area contributed by atoms with Gasteiger partial charge in [-0.2, -0.15) is 0 Å². The van der Waals surface area contributed by atoms with E-state index in [1.165, 1.54) is 0 Å². The summed E-state index contributed by atoms with van der Waals surface area (Å²) in [6, 6.07) is 13.6. The summed E-state index contributed by atoms with van der Waals surface area (Å²) in [6.07, 6.45) is 2.19. The number of carbonyl (C=O) groups excluding carboxylic acids is 2. The highest BCUT2D eigenvalue weighted by Crippen LogP contribution is 2.28. The fraction of sp³-hybridized carbons (Fsp3) is 0.364. The first-order valence-corrected chi connectivity index (χ1v) is 10.0. The van der Waals surface area contributed by atoms with Gasteiger partial charge in [0.1, 0.15) is 5.75 Å². The molecule has 0 unspecified atom stereocenters. The Kier molecular flexibility index (Phi) is 7.12. The molecule has 1 saturated carbocycles. The van der Waals surface area contributed by atoms with Crippen LogP contribution in [0.5, 0.6) is 5.75 Å². The SMILES string of the molecule is COc1ccc(CN(CC(=O)NCC(=O)Nc2cccc(Cl)c2C)C2CC2)cc1. The Labute approximate surface area is 176 Å². The van der Waals surface area contributed by atoms with Crippen LogP contribution in [0.1, 0.15) is 24.0 Å². The van der Waals surface area contributed by atoms with Gasteiger partial charge in [-0.25, -0.2) is 0 Å². The molecule has 0 spiro atoms. The maximum absolute atomic E-state index is 12.4. The van der Waals surface area contributed by atoms with Crippen LogP contribution in [0.2, 0.25) is 5.02 Å². The highest BCUT2D eigenvalue weighted by molar-refractivity contribution is 6.31. The van der Waals surface area contributed by atoms with E-state index in [2.05, 4.69) is 15.5 Å². The van der Waals surface area contributed by atoms with Crippen LogP contribution in [-0.4, -0.2) is 43.0 Å². The second kappa shape index (κ2) is 9.76. The standard InChI is InChI=1S/C22H26ClN3O3/c1-15-19(23)4-3-5-20(15)25-21(27)12-24-22(28)14-26(17-8-9-17)13-16-6-10-18(29-2)11-7-16/h3-7,10-11,17H,8-9,12-14H2,1-2H3,(H,24,28)(H,25,27). The first kappa shape index (κ1) is 21.1. The minimum atomic E-state index is -0.281. The quantitative estimate of drug-likeness (QED) is 0.658. The molecule has 1 fully saturated rings. The number of amides is 2. The van der Waals surface area contributed by atoms with Gasteiger partial charge in [0.2, 0.25) is 11.8 Å². The van der Waals surface area contributed by atoms with Crippen molar-refractivity contribution < 1.29 is 14.3 Å². The second-order valence-corrected chi connectivity index (χ2v) is 7.63. The van der Waals surface area contributed by atoms with Crippen LogP contribution in [0.3, 0.4) is 0 Å². The maximum Gasteiger partial charge on any atom is 0.243 e. The number of ether oxygens (including phenoxy) is 1. The number of carbonyl (C=O) groups is 2. The van der Waals surface area contributed by atoms with Crippen molar-refractivity contribution in [1.82, 2.24) is 10.2 Å². The van der Waals surface area contributed by atoms with Gasteiger partial charge in [-0.05, 0) is 55.2 Å². The first-order valence-electron chi connectivity index (χ1n) is 9.65. The average Bonchev–Trinajstić information content (AvgIpc) is 3.55. The lowest BCUT2D eigenvalue weighted by Gasteiger charge is -2.21. The number of hydrogen-bond acceptors (Lipinski definition) is 4. The molecule has 3 rings (SSSR count). The van der Waals surface area contributed by atoms with Crippen molar-refractivity contribution in [2.45, 2.75) is 32.4 Å². The third-order valence-corrected chi connectivity index (χ3v) is 5.35. The summed E-state index contributed by atoms with van der Waals surface area (Å²) in [5.74, 6) is 0.366. The van der Waals surface area contributed by atoms with Gasteiger partial charge in [0.05, 0.1) is 20.2 Å². The fourth-order valence-corrected chi connectivity index (χ4v) is 3.25. The van der Waals surface area contributed by atoms with E-state index in [-0.39, 0.29) is 24.9 Å². The minimum Gasteiger partial charge on any atom is -0.497 e. The van der Waals surface area contributed by atoms with E-state index in [0.717, 1.165) is 29.7 Å². The van der Waals surface area contributed by atoms with E-state index in [4.69, 9.17) is 16.3 Å². The van der Waals surface area contributed by atoms with Crippen molar-refractivity contribution in [2.75, 3.05) is 25.5 Å². The third-order valence-electron chi connectivity index (χ3n) is 4.94. The van der Waals surface area contributed by atoms with Gasteiger partial charge in [0, 0.05) is 23.3 Å². The number of halogens is 1. The molecule has 0 bridgehead atoms. The van der Waals surface area contributed by atoms with Crippen molar-refractivity contribution in [3.63, 3.8) is 0 Å². The molecule has 2 aromatic carbocycles. The Morgan fingerprint density at radius 3 is 2.52 bits per heavy atom. The Balaban J connectivity index is 1.48. The highest BCUT2D eigenvalue weighted by Gasteiger charge is 2.30. The van der Waals surface area contributed by atoms with Crippen LogP contribution in [0.25, 0.3) is 0 Å². The Morgan fingerprint density at radius 1 is 1.14 bits per heavy atom. The van der Waals surface area contributed by atoms with E-state index in [0.29, 0.717) is 23.3 Å². The van der Waals surface area contributed by atoms with E-state index in [1.807, 2.05) is 31.2 Å². The van der Waals surface area contributed by atoms with Crippen LogP contribution in [0.15, 0.2) is 42.5 Å². The van der Waals surface area contributed by atoms with Crippen molar-refractivity contribution in [1.29, 1.82) is 0 Å². The third kappa shape index (κ3) is 6.21. The van der Waals surface area contributed by atoms with Gasteiger partial charge in [0.25, 0.3) is 0 Å². The molecule has 0 aliphatic heterocycles. The van der Waals surface area contributed by atoms with Crippen molar-refractivity contribution in [2.24, 2.45) is 0 Å². The summed E-state index contributed by atoms with van der Waals surface area (Å²) in [5, 5.41) is 6.08. The normalized spacial score (nSPS) is 13.2. The van der Waals surface area contributed by atoms with Gasteiger partial charge in [-0.15, -0.1) is 0 Å². The van der Waals surface area contributed by atoms with Crippen LogP contribution in [0.4, 0.5) is 5.69 Å². The molecule has 0 aromatic heterocycles. The Morgan fingerprint density at radius 2 is 1.86 bits per heavy atom. The number of methoxy groups -OCH3 is 1. The Bertz CT molecular complexity index is 866. The van der Waals surface area contributed by atoms with E-state index in [9.17, 15) is 9.59 Å². The molecule has 2 amide bonds. The zero-order valence-electron chi connectivity index (χ0n) is 16.7. The molecular weight excluding hydrogens is 390 g/mol. The van der Waals surface area contributed by atoms with Gasteiger partial charge in [0.15, 0.2) is 0 Å². The van der Waals surface area contributed by atoms with Gasteiger partial charge in [-0.1, -0.05) is 29.8 Å². The topological polar surface area (TPSA) is 70.7 Å². The largest absolute Gasteiger partial charge is 0.497 e. The molecule has 0 radical (unpaired) electrons. The number of anilines is 1. The molecule has 154 valence electrons. The van der Waals surface area contributed by atoms with E-state index >= 15 is 0 Å². The molecule has 0 atom stereocenters. The molecule has 1 aliphatic rings. The summed E-state index contributed by atoms with van der Waals surface area (Å²) in [5.41, 5.74) is 2.57. The monoisotopic (exact) mass is 415 g/mol. The average molecular weight is 416 g/mol. The van der Waals surface area contributed by atoms with Gasteiger partial charge < -0.3 is 15.4 Å². The molecule has 2 aromatic rings. The summed E-state index contributed by atoms with van der Waals surface area (Å²) >= 11 is 6.07. The zero-order valence-corrected chi connectivity index (χ0v) is 17.5.